The second-order valence-corrected chi connectivity index (χ2v) is 33.1. The number of hydrogen-bond donors (Lipinski definition) is 0. The van der Waals surface area contributed by atoms with Crippen molar-refractivity contribution in [1.82, 2.24) is 0 Å². The number of fused-ring (bicyclic) bond motifs is 3. The molecule has 270 valence electrons. The molecule has 3 heterocycles. The molecule has 0 bridgehead atoms. The van der Waals surface area contributed by atoms with Gasteiger partial charge in [0, 0.05) is 0 Å². The van der Waals surface area contributed by atoms with E-state index in [0.29, 0.717) is 0 Å². The minimum atomic E-state index is -2.59. The average molecular weight is 792 g/mol. The number of unbranched alkanes of at least 4 members (excludes halogenated alkanes) is 3. The molecular formula is C43H76OS2Sn. The van der Waals surface area contributed by atoms with E-state index in [-0.39, 0.29) is 5.60 Å². The van der Waals surface area contributed by atoms with Crippen LogP contribution in [0.4, 0.5) is 0 Å². The minimum Gasteiger partial charge on any atom is -0.0651 e. The van der Waals surface area contributed by atoms with Gasteiger partial charge in [-0.15, -0.1) is 0 Å². The molecule has 4 heteroatoms. The molecule has 0 aliphatic carbocycles. The molecule has 0 spiro atoms. The van der Waals surface area contributed by atoms with Gasteiger partial charge < -0.3 is 0 Å². The predicted molar refractivity (Wildman–Crippen MR) is 218 cm³/mol. The topological polar surface area (TPSA) is 9.23 Å². The Kier molecular flexibility index (Phi) is 18.3. The van der Waals surface area contributed by atoms with Gasteiger partial charge in [-0.3, -0.25) is 0 Å². The summed E-state index contributed by atoms with van der Waals surface area (Å²) < 4.78 is 14.0. The summed E-state index contributed by atoms with van der Waals surface area (Å²) in [5, 5.41) is 0. The Morgan fingerprint density at radius 1 is 0.638 bits per heavy atom. The Morgan fingerprint density at radius 2 is 1.17 bits per heavy atom. The molecule has 1 aliphatic rings. The van der Waals surface area contributed by atoms with Crippen LogP contribution in [0.25, 0.3) is 9.75 Å². The predicted octanol–water partition coefficient (Wildman–Crippen LogP) is 15.3. The van der Waals surface area contributed by atoms with E-state index in [1.807, 2.05) is 14.2 Å². The standard InChI is InChI=1S/C31H49OS2.3C4H9.Sn/c1-8-23(4)12-10-14-25(6)16-19-31(18-15-24(5)13-9-11-22(2)3)27-17-20-33-29(27)30-28(32-31)21-26(7)34-30;3*1-3-4-2;/h17,21-25H,8-16,18-19H2,1-7H3;3*1,3-4H2,2H3;. The fraction of sp³-hybridized carbons (Fsp3) is 0.814. The molecule has 47 heavy (non-hydrogen) atoms. The third-order valence-electron chi connectivity index (χ3n) is 11.8. The molecule has 0 fully saturated rings. The minimum absolute atomic E-state index is 0.167. The molecule has 0 saturated carbocycles. The van der Waals surface area contributed by atoms with E-state index in [4.69, 9.17) is 4.74 Å². The van der Waals surface area contributed by atoms with Crippen molar-refractivity contribution in [3.63, 3.8) is 0 Å². The van der Waals surface area contributed by atoms with E-state index < -0.39 is 18.4 Å². The first-order chi connectivity index (χ1) is 22.5. The van der Waals surface area contributed by atoms with Crippen LogP contribution in [-0.4, -0.2) is 18.4 Å². The van der Waals surface area contributed by atoms with Crippen molar-refractivity contribution < 1.29 is 4.74 Å². The first kappa shape index (κ1) is 41.4. The molecule has 0 radical (unpaired) electrons. The van der Waals surface area contributed by atoms with Crippen LogP contribution in [-0.2, 0) is 5.60 Å². The summed E-state index contributed by atoms with van der Waals surface area (Å²) in [4.78, 5) is 4.49. The van der Waals surface area contributed by atoms with Crippen molar-refractivity contribution >= 4 is 43.9 Å². The van der Waals surface area contributed by atoms with Gasteiger partial charge in [0.05, 0.1) is 0 Å². The van der Waals surface area contributed by atoms with Crippen LogP contribution in [0.1, 0.15) is 182 Å². The van der Waals surface area contributed by atoms with Gasteiger partial charge in [-0.2, -0.15) is 0 Å². The molecule has 3 rings (SSSR count). The number of rotatable bonds is 25. The molecule has 2 aromatic heterocycles. The number of hydrogen-bond acceptors (Lipinski definition) is 3. The van der Waals surface area contributed by atoms with Gasteiger partial charge in [-0.1, -0.05) is 6.92 Å². The van der Waals surface area contributed by atoms with Crippen LogP contribution < -0.4 is 7.63 Å². The molecule has 0 amide bonds. The molecule has 0 saturated heterocycles. The van der Waals surface area contributed by atoms with E-state index in [2.05, 4.69) is 92.7 Å². The third-order valence-corrected chi connectivity index (χ3v) is 32.3. The fourth-order valence-corrected chi connectivity index (χ4v) is 29.5. The maximum atomic E-state index is 7.48. The van der Waals surface area contributed by atoms with Crippen molar-refractivity contribution in [2.24, 2.45) is 23.7 Å². The maximum absolute atomic E-state index is 7.48. The van der Waals surface area contributed by atoms with Gasteiger partial charge in [-0.25, -0.2) is 0 Å². The zero-order valence-corrected chi connectivity index (χ0v) is 37.3. The van der Waals surface area contributed by atoms with E-state index >= 15 is 0 Å². The Labute approximate surface area is 305 Å². The third kappa shape index (κ3) is 12.0. The van der Waals surface area contributed by atoms with Crippen molar-refractivity contribution in [3.05, 3.63) is 22.6 Å². The molecule has 4 unspecified atom stereocenters. The number of ether oxygens (including phenoxy) is 1. The van der Waals surface area contributed by atoms with Crippen LogP contribution in [0.15, 0.2) is 12.1 Å². The number of aryl methyl sites for hydroxylation is 1. The van der Waals surface area contributed by atoms with Gasteiger partial charge in [-0.05, 0) is 0 Å². The molecule has 1 aliphatic heterocycles. The SMILES string of the molecule is CCC[CH2][Sn]([CH2]CCC)([CH2]CCC)[c]1cc2c(s1)-c1sc(C)cc1OC2(CCC(C)CCCC(C)C)CCC(C)CCCC(C)CC. The summed E-state index contributed by atoms with van der Waals surface area (Å²) in [6.07, 6.45) is 22.7. The normalized spacial score (nSPS) is 18.2. The number of thiophene rings is 2. The smallest absolute Gasteiger partial charge is 0.0651 e. The van der Waals surface area contributed by atoms with Crippen molar-refractivity contribution in [2.75, 3.05) is 0 Å². The molecule has 2 aromatic rings. The Bertz CT molecular complexity index is 1130. The van der Waals surface area contributed by atoms with E-state index in [0.717, 1.165) is 23.7 Å². The van der Waals surface area contributed by atoms with Crippen molar-refractivity contribution in [2.45, 2.75) is 197 Å². The van der Waals surface area contributed by atoms with E-state index in [9.17, 15) is 0 Å². The zero-order valence-electron chi connectivity index (χ0n) is 32.8. The second kappa shape index (κ2) is 20.7. The van der Waals surface area contributed by atoms with Crippen LogP contribution in [0.5, 0.6) is 5.75 Å². The van der Waals surface area contributed by atoms with Crippen LogP contribution >= 0.6 is 22.7 Å². The summed E-state index contributed by atoms with van der Waals surface area (Å²) >= 11 is 1.68. The summed E-state index contributed by atoms with van der Waals surface area (Å²) in [6.45, 7) is 24.1. The van der Waals surface area contributed by atoms with Gasteiger partial charge in [0.2, 0.25) is 0 Å². The van der Waals surface area contributed by atoms with E-state index in [1.54, 1.807) is 23.8 Å². The summed E-state index contributed by atoms with van der Waals surface area (Å²) in [5.41, 5.74) is 1.46. The quantitative estimate of drug-likeness (QED) is 0.0910. The van der Waals surface area contributed by atoms with Crippen molar-refractivity contribution in [1.29, 1.82) is 0 Å². The van der Waals surface area contributed by atoms with Crippen LogP contribution in [0.2, 0.25) is 13.3 Å². The summed E-state index contributed by atoms with van der Waals surface area (Å²) in [5.74, 6) is 4.39. The fourth-order valence-electron chi connectivity index (χ4n) is 8.08. The zero-order chi connectivity index (χ0) is 34.5. The second-order valence-electron chi connectivity index (χ2n) is 16.6. The Hall–Kier alpha value is -0.00130. The monoisotopic (exact) mass is 792 g/mol. The molecule has 1 nitrogen and oxygen atoms in total. The van der Waals surface area contributed by atoms with Gasteiger partial charge >= 0.3 is 301 Å². The van der Waals surface area contributed by atoms with E-state index in [1.165, 1.54) is 125 Å². The van der Waals surface area contributed by atoms with Crippen molar-refractivity contribution in [3.8, 4) is 15.5 Å². The van der Waals surface area contributed by atoms with Crippen LogP contribution in [0.3, 0.4) is 0 Å². The molecule has 0 N–H and O–H groups in total. The Morgan fingerprint density at radius 3 is 1.68 bits per heavy atom. The summed E-state index contributed by atoms with van der Waals surface area (Å²) in [7, 11) is 0. The first-order valence-corrected chi connectivity index (χ1v) is 29.6. The van der Waals surface area contributed by atoms with Crippen LogP contribution in [0, 0.1) is 30.6 Å². The van der Waals surface area contributed by atoms with Gasteiger partial charge in [0.1, 0.15) is 0 Å². The Balaban J connectivity index is 2.05. The van der Waals surface area contributed by atoms with Gasteiger partial charge in [0.15, 0.2) is 0 Å². The first-order valence-electron chi connectivity index (χ1n) is 20.5. The molecule has 4 atom stereocenters. The van der Waals surface area contributed by atoms with Gasteiger partial charge in [0.25, 0.3) is 0 Å². The molecule has 0 aromatic carbocycles. The summed E-state index contributed by atoms with van der Waals surface area (Å²) in [6, 6.07) is 5.23. The average Bonchev–Trinajstić information content (AvgIpc) is 3.66. The molecular weight excluding hydrogens is 715 g/mol.